The first-order valence-corrected chi connectivity index (χ1v) is 6.16. The number of rotatable bonds is 3. The molecule has 0 unspecified atom stereocenters. The van der Waals surface area contributed by atoms with Gasteiger partial charge in [-0.05, 0) is 31.2 Å². The lowest BCUT2D eigenvalue weighted by Crippen LogP contribution is -2.03. The Bertz CT molecular complexity index is 647. The largest absolute Gasteiger partial charge is 0.380 e. The smallest absolute Gasteiger partial charge is 0.128 e. The molecule has 0 aliphatic rings. The molecule has 2 aromatic rings. The average Bonchev–Trinajstić information content (AvgIpc) is 2.40. The Kier molecular flexibility index (Phi) is 4.03. The highest BCUT2D eigenvalue weighted by Crippen LogP contribution is 2.21. The summed E-state index contributed by atoms with van der Waals surface area (Å²) in [6.07, 6.45) is 0. The van der Waals surface area contributed by atoms with Crippen molar-refractivity contribution in [3.05, 3.63) is 63.9 Å². The number of nitrogens with zero attached hydrogens (tertiary/aromatic N) is 1. The Morgan fingerprint density at radius 3 is 2.79 bits per heavy atom. The molecule has 2 aromatic carbocycles. The van der Waals surface area contributed by atoms with Gasteiger partial charge in [0.25, 0.3) is 0 Å². The van der Waals surface area contributed by atoms with E-state index in [0.29, 0.717) is 28.4 Å². The van der Waals surface area contributed by atoms with Gasteiger partial charge >= 0.3 is 0 Å². The summed E-state index contributed by atoms with van der Waals surface area (Å²) in [5.41, 5.74) is 2.64. The second-order valence-electron chi connectivity index (χ2n) is 4.25. The summed E-state index contributed by atoms with van der Waals surface area (Å²) in [5, 5.41) is 12.6. The minimum atomic E-state index is -0.265. The number of anilines is 1. The maximum absolute atomic E-state index is 13.6. The van der Waals surface area contributed by atoms with Gasteiger partial charge in [0.15, 0.2) is 0 Å². The van der Waals surface area contributed by atoms with Gasteiger partial charge in [0.2, 0.25) is 0 Å². The molecule has 0 spiro atoms. The third kappa shape index (κ3) is 3.24. The SMILES string of the molecule is Cc1ccc(F)c(CNc2cc(Cl)ccc2C#N)c1. The van der Waals surface area contributed by atoms with Gasteiger partial charge in [-0.25, -0.2) is 4.39 Å². The van der Waals surface area contributed by atoms with E-state index in [1.54, 1.807) is 30.3 Å². The van der Waals surface area contributed by atoms with E-state index in [1.807, 2.05) is 6.92 Å². The third-order valence-corrected chi connectivity index (χ3v) is 3.01. The molecule has 4 heteroatoms. The summed E-state index contributed by atoms with van der Waals surface area (Å²) in [7, 11) is 0. The Balaban J connectivity index is 2.21. The number of benzene rings is 2. The van der Waals surface area contributed by atoms with Gasteiger partial charge in [0.1, 0.15) is 11.9 Å². The highest BCUT2D eigenvalue weighted by atomic mass is 35.5. The molecule has 0 bridgehead atoms. The van der Waals surface area contributed by atoms with Crippen LogP contribution in [0, 0.1) is 24.1 Å². The molecular weight excluding hydrogens is 263 g/mol. The summed E-state index contributed by atoms with van der Waals surface area (Å²) >= 11 is 5.89. The summed E-state index contributed by atoms with van der Waals surface area (Å²) in [4.78, 5) is 0. The summed E-state index contributed by atoms with van der Waals surface area (Å²) in [6.45, 7) is 2.21. The fourth-order valence-electron chi connectivity index (χ4n) is 1.79. The molecule has 0 saturated heterocycles. The maximum atomic E-state index is 13.6. The molecule has 0 aromatic heterocycles. The molecule has 1 N–H and O–H groups in total. The van der Waals surface area contributed by atoms with Crippen LogP contribution in [-0.4, -0.2) is 0 Å². The Hall–Kier alpha value is -2.05. The zero-order valence-electron chi connectivity index (χ0n) is 10.4. The first kappa shape index (κ1) is 13.4. The third-order valence-electron chi connectivity index (χ3n) is 2.77. The number of nitriles is 1. The highest BCUT2D eigenvalue weighted by Gasteiger charge is 2.05. The molecule has 0 radical (unpaired) electrons. The number of hydrogen-bond acceptors (Lipinski definition) is 2. The van der Waals surface area contributed by atoms with Crippen molar-refractivity contribution in [3.63, 3.8) is 0 Å². The van der Waals surface area contributed by atoms with Crippen molar-refractivity contribution in [2.75, 3.05) is 5.32 Å². The molecule has 2 nitrogen and oxygen atoms in total. The van der Waals surface area contributed by atoms with Gasteiger partial charge in [-0.15, -0.1) is 0 Å². The van der Waals surface area contributed by atoms with E-state index in [4.69, 9.17) is 16.9 Å². The standard InChI is InChI=1S/C15H12ClFN2/c1-10-2-5-14(17)12(6-10)9-19-15-7-13(16)4-3-11(15)8-18/h2-7,19H,9H2,1H3. The molecule has 19 heavy (non-hydrogen) atoms. The molecule has 0 atom stereocenters. The van der Waals surface area contributed by atoms with Gasteiger partial charge in [-0.3, -0.25) is 0 Å². The monoisotopic (exact) mass is 274 g/mol. The Morgan fingerprint density at radius 1 is 1.26 bits per heavy atom. The van der Waals surface area contributed by atoms with Crippen molar-refractivity contribution in [1.82, 2.24) is 0 Å². The average molecular weight is 275 g/mol. The summed E-state index contributed by atoms with van der Waals surface area (Å²) in [6, 6.07) is 12.0. The lowest BCUT2D eigenvalue weighted by atomic mass is 10.1. The van der Waals surface area contributed by atoms with Gasteiger partial charge < -0.3 is 5.32 Å². The zero-order chi connectivity index (χ0) is 13.8. The molecule has 0 saturated carbocycles. The Labute approximate surface area is 116 Å². The molecule has 0 amide bonds. The van der Waals surface area contributed by atoms with E-state index >= 15 is 0 Å². The predicted octanol–water partition coefficient (Wildman–Crippen LogP) is 4.27. The van der Waals surface area contributed by atoms with Crippen LogP contribution in [0.2, 0.25) is 5.02 Å². The van der Waals surface area contributed by atoms with Gasteiger partial charge in [-0.1, -0.05) is 29.3 Å². The number of nitrogens with one attached hydrogen (secondary N) is 1. The van der Waals surface area contributed by atoms with Crippen LogP contribution in [0.4, 0.5) is 10.1 Å². The van der Waals surface area contributed by atoms with Gasteiger partial charge in [0.05, 0.1) is 11.3 Å². The van der Waals surface area contributed by atoms with Crippen LogP contribution in [0.5, 0.6) is 0 Å². The normalized spacial score (nSPS) is 10.0. The highest BCUT2D eigenvalue weighted by molar-refractivity contribution is 6.30. The second-order valence-corrected chi connectivity index (χ2v) is 4.69. The first-order chi connectivity index (χ1) is 9.10. The van der Waals surface area contributed by atoms with Gasteiger partial charge in [0, 0.05) is 17.1 Å². The van der Waals surface area contributed by atoms with Crippen LogP contribution in [0.3, 0.4) is 0 Å². The minimum absolute atomic E-state index is 0.265. The number of halogens is 2. The fourth-order valence-corrected chi connectivity index (χ4v) is 1.96. The quantitative estimate of drug-likeness (QED) is 0.907. The maximum Gasteiger partial charge on any atom is 0.128 e. The van der Waals surface area contributed by atoms with E-state index in [-0.39, 0.29) is 5.82 Å². The predicted molar refractivity (Wildman–Crippen MR) is 74.6 cm³/mol. The van der Waals surface area contributed by atoms with Crippen molar-refractivity contribution < 1.29 is 4.39 Å². The van der Waals surface area contributed by atoms with Crippen molar-refractivity contribution in [2.24, 2.45) is 0 Å². The van der Waals surface area contributed by atoms with Crippen LogP contribution in [0.25, 0.3) is 0 Å². The second kappa shape index (κ2) is 5.73. The summed E-state index contributed by atoms with van der Waals surface area (Å²) < 4.78 is 13.6. The van der Waals surface area contributed by atoms with E-state index in [1.165, 1.54) is 6.07 Å². The van der Waals surface area contributed by atoms with Crippen LogP contribution in [-0.2, 0) is 6.54 Å². The fraction of sp³-hybridized carbons (Fsp3) is 0.133. The Morgan fingerprint density at radius 2 is 2.05 bits per heavy atom. The van der Waals surface area contributed by atoms with Crippen molar-refractivity contribution >= 4 is 17.3 Å². The topological polar surface area (TPSA) is 35.8 Å². The lowest BCUT2D eigenvalue weighted by molar-refractivity contribution is 0.612. The van der Waals surface area contributed by atoms with E-state index in [2.05, 4.69) is 11.4 Å². The molecular formula is C15H12ClFN2. The number of aryl methyl sites for hydroxylation is 1. The molecule has 2 rings (SSSR count). The van der Waals surface area contributed by atoms with E-state index in [0.717, 1.165) is 5.56 Å². The van der Waals surface area contributed by atoms with Crippen LogP contribution >= 0.6 is 11.6 Å². The molecule has 0 heterocycles. The van der Waals surface area contributed by atoms with E-state index < -0.39 is 0 Å². The molecule has 0 aliphatic heterocycles. The van der Waals surface area contributed by atoms with Crippen molar-refractivity contribution in [2.45, 2.75) is 13.5 Å². The minimum Gasteiger partial charge on any atom is -0.380 e. The molecule has 0 fully saturated rings. The summed E-state index contributed by atoms with van der Waals surface area (Å²) in [5.74, 6) is -0.265. The van der Waals surface area contributed by atoms with Crippen molar-refractivity contribution in [3.8, 4) is 6.07 Å². The first-order valence-electron chi connectivity index (χ1n) is 5.78. The van der Waals surface area contributed by atoms with Crippen LogP contribution < -0.4 is 5.32 Å². The molecule has 96 valence electrons. The lowest BCUT2D eigenvalue weighted by Gasteiger charge is -2.10. The van der Waals surface area contributed by atoms with Gasteiger partial charge in [-0.2, -0.15) is 5.26 Å². The van der Waals surface area contributed by atoms with Crippen molar-refractivity contribution in [1.29, 1.82) is 5.26 Å². The number of hydrogen-bond donors (Lipinski definition) is 1. The zero-order valence-corrected chi connectivity index (χ0v) is 11.1. The van der Waals surface area contributed by atoms with Crippen LogP contribution in [0.15, 0.2) is 36.4 Å². The molecule has 0 aliphatic carbocycles. The van der Waals surface area contributed by atoms with E-state index in [9.17, 15) is 4.39 Å². The van der Waals surface area contributed by atoms with Crippen LogP contribution in [0.1, 0.15) is 16.7 Å².